The van der Waals surface area contributed by atoms with Crippen molar-refractivity contribution < 1.29 is 4.39 Å². The van der Waals surface area contributed by atoms with E-state index in [2.05, 4.69) is 6.07 Å². The van der Waals surface area contributed by atoms with Crippen LogP contribution in [0.2, 0.25) is 5.02 Å². The van der Waals surface area contributed by atoms with E-state index in [1.54, 1.807) is 12.1 Å². The molecule has 0 radical (unpaired) electrons. The molecule has 0 spiro atoms. The van der Waals surface area contributed by atoms with Crippen molar-refractivity contribution in [2.24, 2.45) is 0 Å². The van der Waals surface area contributed by atoms with Gasteiger partial charge in [0.05, 0.1) is 16.3 Å². The van der Waals surface area contributed by atoms with Gasteiger partial charge in [-0.15, -0.1) is 0 Å². The zero-order valence-electron chi connectivity index (χ0n) is 9.46. The molecule has 1 heterocycles. The molecule has 0 aliphatic carbocycles. The number of hydrogen-bond donors (Lipinski definition) is 0. The summed E-state index contributed by atoms with van der Waals surface area (Å²) < 4.78 is 14.8. The lowest BCUT2D eigenvalue weighted by atomic mass is 10.2. The van der Waals surface area contributed by atoms with Gasteiger partial charge in [-0.05, 0) is 38.1 Å². The van der Waals surface area contributed by atoms with Crippen LogP contribution in [-0.2, 0) is 0 Å². The maximum Gasteiger partial charge on any atom is 0.124 e. The molecule has 0 amide bonds. The third-order valence-corrected chi connectivity index (χ3v) is 3.00. The highest BCUT2D eigenvalue weighted by molar-refractivity contribution is 6.32. The number of nitriles is 1. The van der Waals surface area contributed by atoms with Gasteiger partial charge in [0.1, 0.15) is 11.9 Å². The number of nitrogens with zero attached hydrogens (tertiary/aromatic N) is 2. The van der Waals surface area contributed by atoms with Crippen molar-refractivity contribution in [3.8, 4) is 11.8 Å². The molecule has 17 heavy (non-hydrogen) atoms. The number of halogens is 2. The Morgan fingerprint density at radius 1 is 1.29 bits per heavy atom. The van der Waals surface area contributed by atoms with Crippen LogP contribution in [-0.4, -0.2) is 4.57 Å². The first-order chi connectivity index (χ1) is 8.04. The van der Waals surface area contributed by atoms with Crippen molar-refractivity contribution in [2.45, 2.75) is 13.8 Å². The summed E-state index contributed by atoms with van der Waals surface area (Å²) in [6.07, 6.45) is 0. The standard InChI is InChI=1S/C13H10ClFN2/c1-8-5-10(7-16)9(2)17(8)13-4-3-11(15)6-12(13)14/h3-6H,1-2H3. The molecule has 2 rings (SSSR count). The number of aromatic nitrogens is 1. The molecule has 0 aliphatic rings. The summed E-state index contributed by atoms with van der Waals surface area (Å²) in [4.78, 5) is 0. The molecule has 2 nitrogen and oxygen atoms in total. The van der Waals surface area contributed by atoms with Crippen LogP contribution in [0.15, 0.2) is 24.3 Å². The van der Waals surface area contributed by atoms with Crippen molar-refractivity contribution in [1.82, 2.24) is 4.57 Å². The molecular formula is C13H10ClFN2. The molecular weight excluding hydrogens is 239 g/mol. The van der Waals surface area contributed by atoms with Crippen LogP contribution in [0.4, 0.5) is 4.39 Å². The first-order valence-electron chi connectivity index (χ1n) is 5.09. The van der Waals surface area contributed by atoms with Crippen molar-refractivity contribution in [1.29, 1.82) is 5.26 Å². The zero-order valence-corrected chi connectivity index (χ0v) is 10.2. The van der Waals surface area contributed by atoms with E-state index >= 15 is 0 Å². The van der Waals surface area contributed by atoms with Gasteiger partial charge in [0.25, 0.3) is 0 Å². The van der Waals surface area contributed by atoms with Crippen LogP contribution < -0.4 is 0 Å². The summed E-state index contributed by atoms with van der Waals surface area (Å²) in [7, 11) is 0. The molecule has 0 N–H and O–H groups in total. The van der Waals surface area contributed by atoms with Gasteiger partial charge in [0.15, 0.2) is 0 Å². The lowest BCUT2D eigenvalue weighted by molar-refractivity contribution is 0.627. The third-order valence-electron chi connectivity index (χ3n) is 2.70. The molecule has 1 aromatic heterocycles. The van der Waals surface area contributed by atoms with Crippen molar-refractivity contribution in [3.05, 3.63) is 52.1 Å². The van der Waals surface area contributed by atoms with Gasteiger partial charge in [0.2, 0.25) is 0 Å². The second kappa shape index (κ2) is 4.23. The lowest BCUT2D eigenvalue weighted by Crippen LogP contribution is -2.00. The highest BCUT2D eigenvalue weighted by atomic mass is 35.5. The Kier molecular flexibility index (Phi) is 2.91. The third kappa shape index (κ3) is 1.92. The summed E-state index contributed by atoms with van der Waals surface area (Å²) in [5.41, 5.74) is 2.98. The summed E-state index contributed by atoms with van der Waals surface area (Å²) >= 11 is 6.02. The predicted molar refractivity (Wildman–Crippen MR) is 64.9 cm³/mol. The molecule has 4 heteroatoms. The Bertz CT molecular complexity index is 623. The molecule has 0 saturated carbocycles. The normalized spacial score (nSPS) is 10.3. The molecule has 86 valence electrons. The predicted octanol–water partition coefficient (Wildman–Crippen LogP) is 3.76. The Hall–Kier alpha value is -1.79. The fourth-order valence-corrected chi connectivity index (χ4v) is 2.16. The Morgan fingerprint density at radius 2 is 2.00 bits per heavy atom. The largest absolute Gasteiger partial charge is 0.316 e. The van der Waals surface area contributed by atoms with E-state index in [0.29, 0.717) is 16.3 Å². The van der Waals surface area contributed by atoms with E-state index in [-0.39, 0.29) is 5.82 Å². The Balaban J connectivity index is 2.69. The van der Waals surface area contributed by atoms with E-state index in [1.807, 2.05) is 18.4 Å². The molecule has 0 saturated heterocycles. The van der Waals surface area contributed by atoms with E-state index in [9.17, 15) is 4.39 Å². The van der Waals surface area contributed by atoms with Crippen LogP contribution in [0.5, 0.6) is 0 Å². The van der Waals surface area contributed by atoms with Gasteiger partial charge in [-0.1, -0.05) is 11.6 Å². The number of benzene rings is 1. The van der Waals surface area contributed by atoms with Crippen LogP contribution in [0.3, 0.4) is 0 Å². The van der Waals surface area contributed by atoms with E-state index in [4.69, 9.17) is 16.9 Å². The minimum absolute atomic E-state index is 0.330. The fourth-order valence-electron chi connectivity index (χ4n) is 1.91. The quantitative estimate of drug-likeness (QED) is 0.755. The van der Waals surface area contributed by atoms with Gasteiger partial charge < -0.3 is 4.57 Å². The highest BCUT2D eigenvalue weighted by Gasteiger charge is 2.12. The zero-order chi connectivity index (χ0) is 12.6. The average molecular weight is 249 g/mol. The van der Waals surface area contributed by atoms with Gasteiger partial charge in [0, 0.05) is 11.4 Å². The van der Waals surface area contributed by atoms with Crippen molar-refractivity contribution >= 4 is 11.6 Å². The molecule has 0 unspecified atom stereocenters. The van der Waals surface area contributed by atoms with Gasteiger partial charge in [-0.2, -0.15) is 5.26 Å². The smallest absolute Gasteiger partial charge is 0.124 e. The summed E-state index contributed by atoms with van der Waals surface area (Å²) in [6.45, 7) is 3.72. The number of hydrogen-bond acceptors (Lipinski definition) is 1. The van der Waals surface area contributed by atoms with E-state index < -0.39 is 0 Å². The van der Waals surface area contributed by atoms with Gasteiger partial charge in [-0.25, -0.2) is 4.39 Å². The second-order valence-electron chi connectivity index (χ2n) is 3.83. The Morgan fingerprint density at radius 3 is 2.53 bits per heavy atom. The molecule has 1 aromatic carbocycles. The first kappa shape index (κ1) is 11.7. The minimum atomic E-state index is -0.373. The van der Waals surface area contributed by atoms with Crippen LogP contribution >= 0.6 is 11.6 Å². The SMILES string of the molecule is Cc1cc(C#N)c(C)n1-c1ccc(F)cc1Cl. The minimum Gasteiger partial charge on any atom is -0.316 e. The molecule has 0 fully saturated rings. The summed E-state index contributed by atoms with van der Waals surface area (Å²) in [5, 5.41) is 9.29. The number of aryl methyl sites for hydroxylation is 1. The maximum absolute atomic E-state index is 13.0. The van der Waals surface area contributed by atoms with Crippen LogP contribution in [0.1, 0.15) is 17.0 Å². The van der Waals surface area contributed by atoms with Crippen molar-refractivity contribution in [2.75, 3.05) is 0 Å². The van der Waals surface area contributed by atoms with Gasteiger partial charge >= 0.3 is 0 Å². The summed E-state index contributed by atoms with van der Waals surface area (Å²) in [5.74, 6) is -0.373. The second-order valence-corrected chi connectivity index (χ2v) is 4.23. The lowest BCUT2D eigenvalue weighted by Gasteiger charge is -2.11. The molecule has 0 atom stereocenters. The fraction of sp³-hybridized carbons (Fsp3) is 0.154. The molecule has 2 aromatic rings. The number of rotatable bonds is 1. The van der Waals surface area contributed by atoms with E-state index in [0.717, 1.165) is 11.4 Å². The first-order valence-corrected chi connectivity index (χ1v) is 5.47. The topological polar surface area (TPSA) is 28.7 Å². The maximum atomic E-state index is 13.0. The molecule has 0 aliphatic heterocycles. The monoisotopic (exact) mass is 248 g/mol. The van der Waals surface area contributed by atoms with Gasteiger partial charge in [-0.3, -0.25) is 0 Å². The average Bonchev–Trinajstić information content (AvgIpc) is 2.55. The van der Waals surface area contributed by atoms with E-state index in [1.165, 1.54) is 12.1 Å². The van der Waals surface area contributed by atoms with Crippen molar-refractivity contribution in [3.63, 3.8) is 0 Å². The van der Waals surface area contributed by atoms with Crippen LogP contribution in [0, 0.1) is 31.0 Å². The summed E-state index contributed by atoms with van der Waals surface area (Å²) in [6, 6.07) is 8.13. The molecule has 0 bridgehead atoms. The Labute approximate surface area is 104 Å². The highest BCUT2D eigenvalue weighted by Crippen LogP contribution is 2.26. The van der Waals surface area contributed by atoms with Crippen LogP contribution in [0.25, 0.3) is 5.69 Å².